The van der Waals surface area contributed by atoms with Crippen LogP contribution in [0, 0.1) is 0 Å². The largest absolute Gasteiger partial charge is 0.497 e. The molecule has 0 fully saturated rings. The molecule has 2 aromatic carbocycles. The number of rotatable bonds is 7. The quantitative estimate of drug-likeness (QED) is 0.667. The van der Waals surface area contributed by atoms with Gasteiger partial charge in [-0.25, -0.2) is 0 Å². The zero-order valence-electron chi connectivity index (χ0n) is 14.8. The highest BCUT2D eigenvalue weighted by atomic mass is 35.5. The van der Waals surface area contributed by atoms with Gasteiger partial charge >= 0.3 is 0 Å². The molecule has 0 saturated carbocycles. The fourth-order valence-corrected chi connectivity index (χ4v) is 2.41. The maximum absolute atomic E-state index is 12.2. The summed E-state index contributed by atoms with van der Waals surface area (Å²) in [4.78, 5) is 16.5. The van der Waals surface area contributed by atoms with Crippen molar-refractivity contribution in [2.75, 3.05) is 7.11 Å². The van der Waals surface area contributed by atoms with Gasteiger partial charge in [0.2, 0.25) is 11.7 Å². The molecule has 27 heavy (non-hydrogen) atoms. The van der Waals surface area contributed by atoms with Gasteiger partial charge in [0.1, 0.15) is 11.5 Å². The molecular weight excluding hydrogens is 370 g/mol. The summed E-state index contributed by atoms with van der Waals surface area (Å²) in [7, 11) is 1.57. The lowest BCUT2D eigenvalue weighted by Gasteiger charge is -2.14. The van der Waals surface area contributed by atoms with E-state index in [0.29, 0.717) is 28.2 Å². The Bertz CT molecular complexity index is 911. The molecule has 3 rings (SSSR count). The van der Waals surface area contributed by atoms with E-state index >= 15 is 0 Å². The van der Waals surface area contributed by atoms with Gasteiger partial charge in [0, 0.05) is 16.7 Å². The van der Waals surface area contributed by atoms with Crippen LogP contribution in [0.5, 0.6) is 11.5 Å². The summed E-state index contributed by atoms with van der Waals surface area (Å²) < 4.78 is 15.9. The van der Waals surface area contributed by atoms with Gasteiger partial charge in [-0.3, -0.25) is 4.79 Å². The predicted molar refractivity (Wildman–Crippen MR) is 99.7 cm³/mol. The van der Waals surface area contributed by atoms with Gasteiger partial charge in [0.05, 0.1) is 13.7 Å². The smallest absolute Gasteiger partial charge is 0.261 e. The maximum Gasteiger partial charge on any atom is 0.261 e. The van der Waals surface area contributed by atoms with E-state index in [1.807, 2.05) is 0 Å². The number of nitrogens with zero attached hydrogens (tertiary/aromatic N) is 2. The molecule has 1 heterocycles. The van der Waals surface area contributed by atoms with Crippen molar-refractivity contribution in [1.29, 1.82) is 0 Å². The third-order valence-electron chi connectivity index (χ3n) is 3.71. The number of ether oxygens (including phenoxy) is 2. The lowest BCUT2D eigenvalue weighted by molar-refractivity contribution is -0.127. The van der Waals surface area contributed by atoms with E-state index < -0.39 is 6.10 Å². The topological polar surface area (TPSA) is 86.5 Å². The molecule has 0 radical (unpaired) electrons. The van der Waals surface area contributed by atoms with Gasteiger partial charge in [-0.2, -0.15) is 4.98 Å². The maximum atomic E-state index is 12.2. The van der Waals surface area contributed by atoms with Crippen molar-refractivity contribution < 1.29 is 18.8 Å². The first-order chi connectivity index (χ1) is 13.0. The molecule has 7 nitrogen and oxygen atoms in total. The standard InChI is InChI=1S/C19H18ClN3O4/c1-12(26-16-5-3-4-15(10-16)25-2)19(24)21-11-17-22-18(23-27-17)13-6-8-14(20)9-7-13/h3-10,12H,11H2,1-2H3,(H,21,24)/t12-/m1/s1. The number of halogens is 1. The molecule has 140 valence electrons. The van der Waals surface area contributed by atoms with Crippen molar-refractivity contribution in [3.63, 3.8) is 0 Å². The Morgan fingerprint density at radius 1 is 1.22 bits per heavy atom. The van der Waals surface area contributed by atoms with E-state index in [2.05, 4.69) is 15.5 Å². The van der Waals surface area contributed by atoms with Crippen LogP contribution in [0.4, 0.5) is 0 Å². The van der Waals surface area contributed by atoms with Crippen LogP contribution in [0.2, 0.25) is 5.02 Å². The van der Waals surface area contributed by atoms with Crippen molar-refractivity contribution >= 4 is 17.5 Å². The number of aromatic nitrogens is 2. The number of carbonyl (C=O) groups is 1. The first-order valence-corrected chi connectivity index (χ1v) is 8.60. The number of methoxy groups -OCH3 is 1. The van der Waals surface area contributed by atoms with Crippen LogP contribution >= 0.6 is 11.6 Å². The van der Waals surface area contributed by atoms with Crippen LogP contribution in [0.25, 0.3) is 11.4 Å². The number of amides is 1. The van der Waals surface area contributed by atoms with E-state index in [1.54, 1.807) is 62.6 Å². The summed E-state index contributed by atoms with van der Waals surface area (Å²) in [5, 5.41) is 7.23. The molecule has 1 atom stereocenters. The Labute approximate surface area is 161 Å². The minimum absolute atomic E-state index is 0.102. The number of carbonyl (C=O) groups excluding carboxylic acids is 1. The van der Waals surface area contributed by atoms with Crippen LogP contribution in [0.1, 0.15) is 12.8 Å². The summed E-state index contributed by atoms with van der Waals surface area (Å²) in [5.41, 5.74) is 0.774. The van der Waals surface area contributed by atoms with E-state index in [4.69, 9.17) is 25.6 Å². The number of benzene rings is 2. The molecule has 0 aliphatic heterocycles. The zero-order chi connectivity index (χ0) is 19.2. The van der Waals surface area contributed by atoms with Crippen molar-refractivity contribution in [2.45, 2.75) is 19.6 Å². The minimum Gasteiger partial charge on any atom is -0.497 e. The van der Waals surface area contributed by atoms with Crippen LogP contribution in [-0.4, -0.2) is 29.3 Å². The highest BCUT2D eigenvalue weighted by Crippen LogP contribution is 2.20. The van der Waals surface area contributed by atoms with E-state index in [9.17, 15) is 4.79 Å². The Kier molecular flexibility index (Phi) is 5.93. The highest BCUT2D eigenvalue weighted by Gasteiger charge is 2.16. The molecule has 0 bridgehead atoms. The van der Waals surface area contributed by atoms with Crippen molar-refractivity contribution in [3.05, 3.63) is 59.4 Å². The lowest BCUT2D eigenvalue weighted by atomic mass is 10.2. The Balaban J connectivity index is 1.54. The minimum atomic E-state index is -0.698. The van der Waals surface area contributed by atoms with E-state index in [-0.39, 0.29) is 12.5 Å². The zero-order valence-corrected chi connectivity index (χ0v) is 15.6. The predicted octanol–water partition coefficient (Wildman–Crippen LogP) is 3.48. The van der Waals surface area contributed by atoms with Crippen LogP contribution < -0.4 is 14.8 Å². The summed E-state index contributed by atoms with van der Waals surface area (Å²) in [6.07, 6.45) is -0.698. The van der Waals surface area contributed by atoms with Crippen LogP contribution in [0.15, 0.2) is 53.1 Å². The lowest BCUT2D eigenvalue weighted by Crippen LogP contribution is -2.36. The Hall–Kier alpha value is -3.06. The second kappa shape index (κ2) is 8.55. The number of nitrogens with one attached hydrogen (secondary N) is 1. The summed E-state index contributed by atoms with van der Waals surface area (Å²) >= 11 is 5.86. The van der Waals surface area contributed by atoms with Crippen LogP contribution in [-0.2, 0) is 11.3 Å². The number of hydrogen-bond donors (Lipinski definition) is 1. The molecule has 1 N–H and O–H groups in total. The first-order valence-electron chi connectivity index (χ1n) is 8.22. The van der Waals surface area contributed by atoms with Crippen LogP contribution in [0.3, 0.4) is 0 Å². The molecule has 0 unspecified atom stereocenters. The average molecular weight is 388 g/mol. The van der Waals surface area contributed by atoms with E-state index in [1.165, 1.54) is 0 Å². The Morgan fingerprint density at radius 2 is 1.96 bits per heavy atom. The summed E-state index contributed by atoms with van der Waals surface area (Å²) in [5.74, 6) is 1.61. The first kappa shape index (κ1) is 18.7. The molecule has 8 heteroatoms. The Morgan fingerprint density at radius 3 is 2.70 bits per heavy atom. The number of hydrogen-bond acceptors (Lipinski definition) is 6. The van der Waals surface area contributed by atoms with Gasteiger partial charge < -0.3 is 19.3 Å². The molecule has 0 saturated heterocycles. The summed E-state index contributed by atoms with van der Waals surface area (Å²) in [6.45, 7) is 1.76. The molecule has 1 amide bonds. The van der Waals surface area contributed by atoms with Gasteiger partial charge in [0.25, 0.3) is 5.91 Å². The molecule has 3 aromatic rings. The van der Waals surface area contributed by atoms with Gasteiger partial charge in [-0.05, 0) is 43.3 Å². The third-order valence-corrected chi connectivity index (χ3v) is 3.96. The van der Waals surface area contributed by atoms with Crippen molar-refractivity contribution in [1.82, 2.24) is 15.5 Å². The van der Waals surface area contributed by atoms with Gasteiger partial charge in [-0.1, -0.05) is 22.8 Å². The molecule has 0 aliphatic carbocycles. The second-order valence-electron chi connectivity index (χ2n) is 5.68. The van der Waals surface area contributed by atoms with E-state index in [0.717, 1.165) is 5.56 Å². The highest BCUT2D eigenvalue weighted by molar-refractivity contribution is 6.30. The molecule has 1 aromatic heterocycles. The van der Waals surface area contributed by atoms with Crippen molar-refractivity contribution in [2.24, 2.45) is 0 Å². The third kappa shape index (κ3) is 4.98. The summed E-state index contributed by atoms with van der Waals surface area (Å²) in [6, 6.07) is 14.1. The van der Waals surface area contributed by atoms with Crippen molar-refractivity contribution in [3.8, 4) is 22.9 Å². The fourth-order valence-electron chi connectivity index (χ4n) is 2.28. The normalized spacial score (nSPS) is 11.7. The SMILES string of the molecule is COc1cccc(O[C@H](C)C(=O)NCc2nc(-c3ccc(Cl)cc3)no2)c1. The second-order valence-corrected chi connectivity index (χ2v) is 6.11. The van der Waals surface area contributed by atoms with Gasteiger partial charge in [0.15, 0.2) is 6.10 Å². The molecule has 0 aliphatic rings. The fraction of sp³-hybridized carbons (Fsp3) is 0.211. The monoisotopic (exact) mass is 387 g/mol. The average Bonchev–Trinajstić information content (AvgIpc) is 3.15. The van der Waals surface area contributed by atoms with Gasteiger partial charge in [-0.15, -0.1) is 0 Å². The molecule has 0 spiro atoms. The molecular formula is C19H18ClN3O4.